The van der Waals surface area contributed by atoms with E-state index in [0.29, 0.717) is 37.4 Å². The van der Waals surface area contributed by atoms with Gasteiger partial charge in [-0.25, -0.2) is 4.39 Å². The Labute approximate surface area is 174 Å². The van der Waals surface area contributed by atoms with Crippen molar-refractivity contribution in [3.63, 3.8) is 0 Å². The fraction of sp³-hybridized carbons (Fsp3) is 0.318. The normalized spacial score (nSPS) is 14.3. The maximum absolute atomic E-state index is 13.2. The lowest BCUT2D eigenvalue weighted by atomic mass is 10.1. The van der Waals surface area contributed by atoms with Gasteiger partial charge in [0.05, 0.1) is 13.1 Å². The van der Waals surface area contributed by atoms with Crippen LogP contribution < -0.4 is 10.6 Å². The standard InChI is InChI=1S/C22H25FN4O3/c1-16-4-2-5-17(12-16)22(30)24-14-21(29)27-10-8-26(9-11-27)15-20(28)25-19-7-3-6-18(23)13-19/h2-7,12-13H,8-11,14-15H2,1H3,(H,24,30)(H,25,28). The Kier molecular flexibility index (Phi) is 7.13. The predicted molar refractivity (Wildman–Crippen MR) is 112 cm³/mol. The molecule has 30 heavy (non-hydrogen) atoms. The number of carbonyl (C=O) groups excluding carboxylic acids is 3. The van der Waals surface area contributed by atoms with Crippen LogP contribution in [0.4, 0.5) is 10.1 Å². The summed E-state index contributed by atoms with van der Waals surface area (Å²) in [6.07, 6.45) is 0. The fourth-order valence-electron chi connectivity index (χ4n) is 3.28. The second-order valence-electron chi connectivity index (χ2n) is 7.27. The van der Waals surface area contributed by atoms with Crippen molar-refractivity contribution < 1.29 is 18.8 Å². The maximum Gasteiger partial charge on any atom is 0.251 e. The summed E-state index contributed by atoms with van der Waals surface area (Å²) in [5, 5.41) is 5.33. The molecule has 2 aromatic rings. The van der Waals surface area contributed by atoms with E-state index in [1.54, 1.807) is 29.2 Å². The summed E-state index contributed by atoms with van der Waals surface area (Å²) in [5.74, 6) is -1.07. The molecule has 0 unspecified atom stereocenters. The predicted octanol–water partition coefficient (Wildman–Crippen LogP) is 1.65. The zero-order valence-electron chi connectivity index (χ0n) is 16.9. The van der Waals surface area contributed by atoms with E-state index < -0.39 is 5.82 Å². The smallest absolute Gasteiger partial charge is 0.251 e. The van der Waals surface area contributed by atoms with Gasteiger partial charge in [0.25, 0.3) is 5.91 Å². The van der Waals surface area contributed by atoms with Gasteiger partial charge in [-0.3, -0.25) is 19.3 Å². The quantitative estimate of drug-likeness (QED) is 0.756. The molecule has 1 fully saturated rings. The lowest BCUT2D eigenvalue weighted by Crippen LogP contribution is -2.52. The van der Waals surface area contributed by atoms with Crippen molar-refractivity contribution in [2.24, 2.45) is 0 Å². The Balaban J connectivity index is 1.39. The van der Waals surface area contributed by atoms with Crippen LogP contribution >= 0.6 is 0 Å². The molecule has 158 valence electrons. The van der Waals surface area contributed by atoms with Crippen LogP contribution in [0.2, 0.25) is 0 Å². The van der Waals surface area contributed by atoms with Crippen molar-refractivity contribution >= 4 is 23.4 Å². The fourth-order valence-corrected chi connectivity index (χ4v) is 3.28. The SMILES string of the molecule is Cc1cccc(C(=O)NCC(=O)N2CCN(CC(=O)Nc3cccc(F)c3)CC2)c1. The van der Waals surface area contributed by atoms with E-state index in [2.05, 4.69) is 10.6 Å². The van der Waals surface area contributed by atoms with Crippen molar-refractivity contribution in [2.75, 3.05) is 44.6 Å². The van der Waals surface area contributed by atoms with Crippen molar-refractivity contribution in [1.29, 1.82) is 0 Å². The number of amides is 3. The Morgan fingerprint density at radius 2 is 1.73 bits per heavy atom. The largest absolute Gasteiger partial charge is 0.343 e. The zero-order chi connectivity index (χ0) is 21.5. The number of nitrogens with zero attached hydrogens (tertiary/aromatic N) is 2. The van der Waals surface area contributed by atoms with Crippen LogP contribution in [0.3, 0.4) is 0 Å². The molecule has 1 aliphatic heterocycles. The molecule has 1 saturated heterocycles. The van der Waals surface area contributed by atoms with Crippen molar-refractivity contribution in [3.8, 4) is 0 Å². The van der Waals surface area contributed by atoms with Crippen molar-refractivity contribution in [3.05, 3.63) is 65.5 Å². The van der Waals surface area contributed by atoms with E-state index >= 15 is 0 Å². The van der Waals surface area contributed by atoms with Crippen LogP contribution in [-0.4, -0.2) is 66.8 Å². The van der Waals surface area contributed by atoms with Crippen LogP contribution in [-0.2, 0) is 9.59 Å². The minimum Gasteiger partial charge on any atom is -0.343 e. The van der Waals surface area contributed by atoms with Crippen LogP contribution in [0.15, 0.2) is 48.5 Å². The Morgan fingerprint density at radius 3 is 2.43 bits per heavy atom. The van der Waals surface area contributed by atoms with Crippen molar-refractivity contribution in [2.45, 2.75) is 6.92 Å². The second-order valence-corrected chi connectivity index (χ2v) is 7.27. The molecule has 0 saturated carbocycles. The number of aryl methyl sites for hydroxylation is 1. The third kappa shape index (κ3) is 6.12. The molecule has 2 aromatic carbocycles. The summed E-state index contributed by atoms with van der Waals surface area (Å²) >= 11 is 0. The number of anilines is 1. The maximum atomic E-state index is 13.2. The third-order valence-corrected chi connectivity index (χ3v) is 4.88. The molecule has 0 spiro atoms. The summed E-state index contributed by atoms with van der Waals surface area (Å²) in [6.45, 7) is 4.07. The minimum atomic E-state index is -0.408. The molecule has 1 aliphatic rings. The highest BCUT2D eigenvalue weighted by atomic mass is 19.1. The first-order chi connectivity index (χ1) is 14.4. The Bertz CT molecular complexity index is 926. The molecule has 3 amide bonds. The van der Waals surface area contributed by atoms with Gasteiger partial charge in [-0.05, 0) is 37.3 Å². The van der Waals surface area contributed by atoms with E-state index in [9.17, 15) is 18.8 Å². The highest BCUT2D eigenvalue weighted by Crippen LogP contribution is 2.10. The van der Waals surface area contributed by atoms with Crippen LogP contribution in [0.1, 0.15) is 15.9 Å². The molecule has 0 radical (unpaired) electrons. The van der Waals surface area contributed by atoms with Crippen molar-refractivity contribution in [1.82, 2.24) is 15.1 Å². The number of hydrogen-bond acceptors (Lipinski definition) is 4. The number of nitrogens with one attached hydrogen (secondary N) is 2. The second kappa shape index (κ2) is 9.98. The van der Waals surface area contributed by atoms with Crippen LogP contribution in [0, 0.1) is 12.7 Å². The lowest BCUT2D eigenvalue weighted by molar-refractivity contribution is -0.132. The molecule has 7 nitrogen and oxygen atoms in total. The van der Waals surface area contributed by atoms with E-state index in [1.807, 2.05) is 17.9 Å². The zero-order valence-corrected chi connectivity index (χ0v) is 16.9. The topological polar surface area (TPSA) is 81.8 Å². The summed E-state index contributed by atoms with van der Waals surface area (Å²) in [6, 6.07) is 12.9. The van der Waals surface area contributed by atoms with Gasteiger partial charge >= 0.3 is 0 Å². The van der Waals surface area contributed by atoms with E-state index in [0.717, 1.165) is 5.56 Å². The number of benzene rings is 2. The average molecular weight is 412 g/mol. The summed E-state index contributed by atoms with van der Waals surface area (Å²) in [5.41, 5.74) is 1.92. The molecule has 0 atom stereocenters. The van der Waals surface area contributed by atoms with Gasteiger partial charge in [0, 0.05) is 37.4 Å². The van der Waals surface area contributed by atoms with E-state index in [-0.39, 0.29) is 30.8 Å². The lowest BCUT2D eigenvalue weighted by Gasteiger charge is -2.34. The van der Waals surface area contributed by atoms with E-state index in [4.69, 9.17) is 0 Å². The Morgan fingerprint density at radius 1 is 1.00 bits per heavy atom. The number of hydrogen-bond donors (Lipinski definition) is 2. The molecule has 0 aromatic heterocycles. The molecule has 1 heterocycles. The number of piperazine rings is 1. The first kappa shape index (κ1) is 21.4. The highest BCUT2D eigenvalue weighted by Gasteiger charge is 2.22. The summed E-state index contributed by atoms with van der Waals surface area (Å²) < 4.78 is 13.2. The highest BCUT2D eigenvalue weighted by molar-refractivity contribution is 5.96. The van der Waals surface area contributed by atoms with Gasteiger partial charge in [0.2, 0.25) is 11.8 Å². The first-order valence-electron chi connectivity index (χ1n) is 9.81. The Hall–Kier alpha value is -3.26. The van der Waals surface area contributed by atoms with Gasteiger partial charge in [0.1, 0.15) is 5.82 Å². The number of halogens is 1. The van der Waals surface area contributed by atoms with E-state index in [1.165, 1.54) is 18.2 Å². The number of carbonyl (C=O) groups is 3. The summed E-state index contributed by atoms with van der Waals surface area (Å²) in [4.78, 5) is 40.3. The summed E-state index contributed by atoms with van der Waals surface area (Å²) in [7, 11) is 0. The average Bonchev–Trinajstić information content (AvgIpc) is 2.72. The molecule has 3 rings (SSSR count). The third-order valence-electron chi connectivity index (χ3n) is 4.88. The first-order valence-corrected chi connectivity index (χ1v) is 9.81. The van der Waals surface area contributed by atoms with Gasteiger partial charge < -0.3 is 15.5 Å². The monoisotopic (exact) mass is 412 g/mol. The van der Waals surface area contributed by atoms with Crippen LogP contribution in [0.25, 0.3) is 0 Å². The van der Waals surface area contributed by atoms with Gasteiger partial charge in [-0.15, -0.1) is 0 Å². The molecular weight excluding hydrogens is 387 g/mol. The number of rotatable bonds is 6. The van der Waals surface area contributed by atoms with Gasteiger partial charge in [0.15, 0.2) is 0 Å². The minimum absolute atomic E-state index is 0.0627. The van der Waals surface area contributed by atoms with Crippen LogP contribution in [0.5, 0.6) is 0 Å². The molecule has 2 N–H and O–H groups in total. The molecule has 8 heteroatoms. The molecule has 0 aliphatic carbocycles. The molecule has 0 bridgehead atoms. The van der Waals surface area contributed by atoms with Gasteiger partial charge in [-0.1, -0.05) is 23.8 Å². The van der Waals surface area contributed by atoms with Gasteiger partial charge in [-0.2, -0.15) is 0 Å². The molecular formula is C22H25FN4O3.